The van der Waals surface area contributed by atoms with Gasteiger partial charge in [-0.05, 0) is 106 Å². The van der Waals surface area contributed by atoms with Crippen LogP contribution in [0.2, 0.25) is 0 Å². The molecule has 2 heterocycles. The number of benzene rings is 8. The van der Waals surface area contributed by atoms with Gasteiger partial charge in [-0.3, -0.25) is 4.57 Å². The van der Waals surface area contributed by atoms with Gasteiger partial charge >= 0.3 is 0 Å². The maximum atomic E-state index is 6.47. The zero-order chi connectivity index (χ0) is 35.3. The third kappa shape index (κ3) is 5.33. The van der Waals surface area contributed by atoms with E-state index >= 15 is 0 Å². The fourth-order valence-corrected chi connectivity index (χ4v) is 7.80. The van der Waals surface area contributed by atoms with Crippen LogP contribution in [0.15, 0.2) is 192 Å². The lowest BCUT2D eigenvalue weighted by Crippen LogP contribution is -1.97. The molecule has 2 aromatic heterocycles. The summed E-state index contributed by atoms with van der Waals surface area (Å²) in [6, 6.07) is 66.7. The summed E-state index contributed by atoms with van der Waals surface area (Å²) in [5.41, 5.74) is 16.7. The topological polar surface area (TPSA) is 31.0 Å². The van der Waals surface area contributed by atoms with Crippen molar-refractivity contribution < 1.29 is 4.42 Å². The minimum atomic E-state index is 0.879. The van der Waals surface area contributed by atoms with Gasteiger partial charge in [-0.25, -0.2) is 4.98 Å². The van der Waals surface area contributed by atoms with Crippen molar-refractivity contribution in [3.05, 3.63) is 194 Å². The first-order valence-corrected chi connectivity index (χ1v) is 18.0. The number of hydrogen-bond acceptors (Lipinski definition) is 2. The lowest BCUT2D eigenvalue weighted by atomic mass is 9.89. The van der Waals surface area contributed by atoms with Crippen LogP contribution in [-0.4, -0.2) is 9.55 Å². The van der Waals surface area contributed by atoms with Gasteiger partial charge in [-0.2, -0.15) is 0 Å². The van der Waals surface area contributed by atoms with Crippen LogP contribution in [0.4, 0.5) is 0 Å². The Hall–Kier alpha value is -6.97. The number of nitrogens with zero attached hydrogens (tertiary/aromatic N) is 2. The predicted octanol–water partition coefficient (Wildman–Crippen LogP) is 13.6. The van der Waals surface area contributed by atoms with E-state index < -0.39 is 0 Å². The molecule has 3 heteroatoms. The van der Waals surface area contributed by atoms with Crippen LogP contribution in [0.1, 0.15) is 5.56 Å². The van der Waals surface area contributed by atoms with E-state index in [-0.39, 0.29) is 0 Å². The molecular weight excluding hydrogens is 645 g/mol. The molecule has 0 spiro atoms. The molecule has 0 aliphatic carbocycles. The van der Waals surface area contributed by atoms with E-state index in [0.717, 1.165) is 66.7 Å². The smallest absolute Gasteiger partial charge is 0.145 e. The van der Waals surface area contributed by atoms with Gasteiger partial charge in [-0.15, -0.1) is 0 Å². The monoisotopic (exact) mass is 678 g/mol. The fourth-order valence-electron chi connectivity index (χ4n) is 7.80. The van der Waals surface area contributed by atoms with Gasteiger partial charge in [0.15, 0.2) is 0 Å². The van der Waals surface area contributed by atoms with Gasteiger partial charge < -0.3 is 4.42 Å². The van der Waals surface area contributed by atoms with Crippen molar-refractivity contribution in [2.45, 2.75) is 6.92 Å². The Morgan fingerprint density at radius 3 is 1.91 bits per heavy atom. The number of hydrogen-bond donors (Lipinski definition) is 0. The summed E-state index contributed by atoms with van der Waals surface area (Å²) >= 11 is 0. The van der Waals surface area contributed by atoms with E-state index in [1.807, 2.05) is 12.1 Å². The molecular formula is C50H34N2O. The lowest BCUT2D eigenvalue weighted by Gasteiger charge is -2.15. The molecule has 0 radical (unpaired) electrons. The van der Waals surface area contributed by atoms with E-state index in [2.05, 4.69) is 187 Å². The predicted molar refractivity (Wildman–Crippen MR) is 220 cm³/mol. The second-order valence-electron chi connectivity index (χ2n) is 13.6. The summed E-state index contributed by atoms with van der Waals surface area (Å²) in [6.45, 7) is 2.19. The van der Waals surface area contributed by atoms with Crippen LogP contribution in [0.5, 0.6) is 0 Å². The standard InChI is InChI=1S/C50H34N2O/c1-33-13-8-9-18-40(33)43-31-37(27-29-41(43)34-14-4-2-5-15-34)38-28-30-47-44(32-38)49-42(19-12-22-48(49)53-47)35-23-25-36(26-24-35)50-51-45-20-10-11-21-46(45)52(50)39-16-6-3-7-17-39/h2-32H,1H3. The number of aryl methyl sites for hydroxylation is 1. The Kier molecular flexibility index (Phi) is 7.36. The van der Waals surface area contributed by atoms with Crippen molar-refractivity contribution >= 4 is 33.0 Å². The number of rotatable bonds is 6. The van der Waals surface area contributed by atoms with E-state index in [1.54, 1.807) is 0 Å². The molecule has 0 N–H and O–H groups in total. The van der Waals surface area contributed by atoms with Crippen molar-refractivity contribution in [2.75, 3.05) is 0 Å². The molecule has 250 valence electrons. The third-order valence-corrected chi connectivity index (χ3v) is 10.4. The highest BCUT2D eigenvalue weighted by Crippen LogP contribution is 2.41. The molecule has 0 saturated carbocycles. The molecule has 0 bridgehead atoms. The molecule has 0 amide bonds. The van der Waals surface area contributed by atoms with Crippen LogP contribution >= 0.6 is 0 Å². The number of fused-ring (bicyclic) bond motifs is 4. The lowest BCUT2D eigenvalue weighted by molar-refractivity contribution is 0.669. The molecule has 0 saturated heterocycles. The molecule has 10 rings (SSSR count). The second kappa shape index (κ2) is 12.7. The molecule has 3 nitrogen and oxygen atoms in total. The maximum absolute atomic E-state index is 6.47. The summed E-state index contributed by atoms with van der Waals surface area (Å²) in [6.07, 6.45) is 0. The van der Waals surface area contributed by atoms with E-state index in [9.17, 15) is 0 Å². The summed E-state index contributed by atoms with van der Waals surface area (Å²) in [7, 11) is 0. The van der Waals surface area contributed by atoms with Gasteiger partial charge in [-0.1, -0.05) is 140 Å². The zero-order valence-electron chi connectivity index (χ0n) is 29.2. The Morgan fingerprint density at radius 2 is 1.08 bits per heavy atom. The maximum Gasteiger partial charge on any atom is 0.145 e. The van der Waals surface area contributed by atoms with Crippen LogP contribution < -0.4 is 0 Å². The summed E-state index contributed by atoms with van der Waals surface area (Å²) in [5.74, 6) is 0.920. The molecule has 0 fully saturated rings. The zero-order valence-corrected chi connectivity index (χ0v) is 29.2. The highest BCUT2D eigenvalue weighted by atomic mass is 16.3. The van der Waals surface area contributed by atoms with Crippen molar-refractivity contribution in [3.63, 3.8) is 0 Å². The fraction of sp³-hybridized carbons (Fsp3) is 0.0200. The first-order valence-electron chi connectivity index (χ1n) is 18.0. The molecule has 53 heavy (non-hydrogen) atoms. The first kappa shape index (κ1) is 30.8. The minimum Gasteiger partial charge on any atom is -0.456 e. The molecule has 0 atom stereocenters. The van der Waals surface area contributed by atoms with E-state index in [1.165, 1.54) is 33.4 Å². The number of para-hydroxylation sites is 3. The Morgan fingerprint density at radius 1 is 0.434 bits per heavy atom. The summed E-state index contributed by atoms with van der Waals surface area (Å²) < 4.78 is 8.71. The molecule has 0 aliphatic heterocycles. The average Bonchev–Trinajstić information content (AvgIpc) is 3.80. The van der Waals surface area contributed by atoms with Crippen LogP contribution in [0, 0.1) is 6.92 Å². The van der Waals surface area contributed by atoms with Crippen molar-refractivity contribution in [1.82, 2.24) is 9.55 Å². The number of furan rings is 1. The molecule has 0 unspecified atom stereocenters. The normalized spacial score (nSPS) is 11.5. The highest BCUT2D eigenvalue weighted by molar-refractivity contribution is 6.13. The highest BCUT2D eigenvalue weighted by Gasteiger charge is 2.18. The van der Waals surface area contributed by atoms with Crippen LogP contribution in [-0.2, 0) is 0 Å². The van der Waals surface area contributed by atoms with Gasteiger partial charge in [0.05, 0.1) is 11.0 Å². The molecule has 10 aromatic rings. The number of aromatic nitrogens is 2. The Bertz CT molecular complexity index is 2940. The van der Waals surface area contributed by atoms with Gasteiger partial charge in [0, 0.05) is 22.0 Å². The van der Waals surface area contributed by atoms with Crippen LogP contribution in [0.25, 0.3) is 94.6 Å². The van der Waals surface area contributed by atoms with E-state index in [4.69, 9.17) is 9.40 Å². The Labute approximate surface area is 308 Å². The first-order chi connectivity index (χ1) is 26.2. The van der Waals surface area contributed by atoms with Gasteiger partial charge in [0.25, 0.3) is 0 Å². The quantitative estimate of drug-likeness (QED) is 0.175. The largest absolute Gasteiger partial charge is 0.456 e. The Balaban J connectivity index is 1.08. The SMILES string of the molecule is Cc1ccccc1-c1cc(-c2ccc3oc4cccc(-c5ccc(-c6nc7ccccc7n6-c6ccccc6)cc5)c4c3c2)ccc1-c1ccccc1. The van der Waals surface area contributed by atoms with Crippen molar-refractivity contribution in [3.8, 4) is 61.6 Å². The van der Waals surface area contributed by atoms with Gasteiger partial charge in [0.1, 0.15) is 17.0 Å². The van der Waals surface area contributed by atoms with Crippen LogP contribution in [0.3, 0.4) is 0 Å². The summed E-state index contributed by atoms with van der Waals surface area (Å²) in [5, 5.41) is 2.22. The minimum absolute atomic E-state index is 0.879. The average molecular weight is 679 g/mol. The second-order valence-corrected chi connectivity index (χ2v) is 13.6. The molecule has 8 aromatic carbocycles. The summed E-state index contributed by atoms with van der Waals surface area (Å²) in [4.78, 5) is 5.08. The molecule has 0 aliphatic rings. The third-order valence-electron chi connectivity index (χ3n) is 10.4. The van der Waals surface area contributed by atoms with E-state index in [0.29, 0.717) is 0 Å². The van der Waals surface area contributed by atoms with Gasteiger partial charge in [0.2, 0.25) is 0 Å². The number of imidazole rings is 1. The van der Waals surface area contributed by atoms with Crippen molar-refractivity contribution in [1.29, 1.82) is 0 Å². The van der Waals surface area contributed by atoms with Crippen molar-refractivity contribution in [2.24, 2.45) is 0 Å².